The van der Waals surface area contributed by atoms with E-state index >= 15 is 0 Å². The highest BCUT2D eigenvalue weighted by atomic mass is 32.2. The largest absolute Gasteiger partial charge is 0.395 e. The van der Waals surface area contributed by atoms with Crippen LogP contribution < -0.4 is 0 Å². The first kappa shape index (κ1) is 13.9. The highest BCUT2D eigenvalue weighted by molar-refractivity contribution is 7.89. The number of sulfonamides is 1. The summed E-state index contributed by atoms with van der Waals surface area (Å²) in [5.74, 6) is 0. The monoisotopic (exact) mass is 250 g/mol. The van der Waals surface area contributed by atoms with Crippen molar-refractivity contribution in [1.82, 2.24) is 9.21 Å². The van der Waals surface area contributed by atoms with Crippen LogP contribution in [-0.2, 0) is 10.0 Å². The summed E-state index contributed by atoms with van der Waals surface area (Å²) >= 11 is 0. The second kappa shape index (κ2) is 5.44. The van der Waals surface area contributed by atoms with E-state index in [9.17, 15) is 8.42 Å². The Kier molecular flexibility index (Phi) is 4.73. The molecule has 16 heavy (non-hydrogen) atoms. The molecule has 1 heterocycles. The summed E-state index contributed by atoms with van der Waals surface area (Å²) in [6.07, 6.45) is 1.82. The molecule has 1 saturated heterocycles. The summed E-state index contributed by atoms with van der Waals surface area (Å²) in [5, 5.41) is 8.28. The predicted octanol–water partition coefficient (Wildman–Crippen LogP) is -0.277. The van der Waals surface area contributed by atoms with Gasteiger partial charge in [-0.05, 0) is 33.9 Å². The number of aliphatic hydroxyl groups is 1. The van der Waals surface area contributed by atoms with E-state index in [1.54, 1.807) is 11.2 Å². The van der Waals surface area contributed by atoms with Crippen LogP contribution in [0.25, 0.3) is 0 Å². The van der Waals surface area contributed by atoms with E-state index in [0.29, 0.717) is 6.54 Å². The van der Waals surface area contributed by atoms with Crippen molar-refractivity contribution >= 4 is 10.0 Å². The lowest BCUT2D eigenvalue weighted by Gasteiger charge is -2.28. The Morgan fingerprint density at radius 3 is 2.62 bits per heavy atom. The summed E-state index contributed by atoms with van der Waals surface area (Å²) < 4.78 is 25.8. The normalized spacial score (nSPS) is 25.2. The Morgan fingerprint density at radius 2 is 2.12 bits per heavy atom. The molecule has 0 spiro atoms. The summed E-state index contributed by atoms with van der Waals surface area (Å²) in [5.41, 5.74) is 0. The van der Waals surface area contributed by atoms with Crippen molar-refractivity contribution in [3.8, 4) is 0 Å². The third-order valence-corrected chi connectivity index (χ3v) is 5.29. The third-order valence-electron chi connectivity index (χ3n) is 2.99. The molecular formula is C10H22N2O3S. The molecule has 2 atom stereocenters. The molecule has 6 heteroatoms. The van der Waals surface area contributed by atoms with Gasteiger partial charge in [0, 0.05) is 19.1 Å². The van der Waals surface area contributed by atoms with Crippen molar-refractivity contribution in [2.24, 2.45) is 0 Å². The zero-order valence-electron chi connectivity index (χ0n) is 10.3. The molecule has 0 amide bonds. The van der Waals surface area contributed by atoms with Gasteiger partial charge in [-0.3, -0.25) is 0 Å². The molecule has 1 aliphatic rings. The maximum Gasteiger partial charge on any atom is 0.219 e. The van der Waals surface area contributed by atoms with Crippen molar-refractivity contribution in [2.45, 2.75) is 31.1 Å². The fraction of sp³-hybridized carbons (Fsp3) is 1.00. The van der Waals surface area contributed by atoms with Crippen LogP contribution in [0.3, 0.4) is 0 Å². The van der Waals surface area contributed by atoms with Gasteiger partial charge in [0.15, 0.2) is 0 Å². The average Bonchev–Trinajstić information content (AvgIpc) is 2.64. The van der Waals surface area contributed by atoms with E-state index in [1.807, 2.05) is 19.0 Å². The molecule has 1 N–H and O–H groups in total. The van der Waals surface area contributed by atoms with Crippen molar-refractivity contribution in [3.63, 3.8) is 0 Å². The van der Waals surface area contributed by atoms with Gasteiger partial charge >= 0.3 is 0 Å². The van der Waals surface area contributed by atoms with Gasteiger partial charge in [0.1, 0.15) is 0 Å². The second-order valence-electron chi connectivity index (χ2n) is 4.71. The van der Waals surface area contributed by atoms with Crippen LogP contribution in [0.2, 0.25) is 0 Å². The van der Waals surface area contributed by atoms with Gasteiger partial charge in [0.05, 0.1) is 11.9 Å². The highest BCUT2D eigenvalue weighted by Crippen LogP contribution is 2.23. The fourth-order valence-corrected chi connectivity index (χ4v) is 3.70. The van der Waals surface area contributed by atoms with Gasteiger partial charge in [-0.1, -0.05) is 0 Å². The van der Waals surface area contributed by atoms with Gasteiger partial charge in [-0.25, -0.2) is 8.42 Å². The van der Waals surface area contributed by atoms with Crippen molar-refractivity contribution in [3.05, 3.63) is 0 Å². The molecule has 5 nitrogen and oxygen atoms in total. The van der Waals surface area contributed by atoms with Crippen molar-refractivity contribution in [2.75, 3.05) is 33.8 Å². The third kappa shape index (κ3) is 2.94. The molecule has 1 aliphatic heterocycles. The zero-order chi connectivity index (χ0) is 12.3. The summed E-state index contributed by atoms with van der Waals surface area (Å²) in [6.45, 7) is 2.58. The van der Waals surface area contributed by atoms with E-state index in [1.165, 1.54) is 0 Å². The summed E-state index contributed by atoms with van der Waals surface area (Å²) in [7, 11) is 0.559. The number of rotatable bonds is 5. The van der Waals surface area contributed by atoms with E-state index in [2.05, 4.69) is 0 Å². The average molecular weight is 250 g/mol. The minimum absolute atomic E-state index is 0.0639. The van der Waals surface area contributed by atoms with Gasteiger partial charge in [0.2, 0.25) is 10.0 Å². The van der Waals surface area contributed by atoms with Crippen LogP contribution in [0, 0.1) is 0 Å². The second-order valence-corrected chi connectivity index (χ2v) is 7.01. The zero-order valence-corrected chi connectivity index (χ0v) is 11.1. The molecule has 96 valence electrons. The molecule has 0 aromatic carbocycles. The van der Waals surface area contributed by atoms with Crippen LogP contribution in [-0.4, -0.2) is 67.8 Å². The van der Waals surface area contributed by atoms with Crippen LogP contribution in [0.4, 0.5) is 0 Å². The predicted molar refractivity (Wildman–Crippen MR) is 63.7 cm³/mol. The first-order valence-electron chi connectivity index (χ1n) is 5.66. The van der Waals surface area contributed by atoms with E-state index < -0.39 is 15.3 Å². The molecule has 0 saturated carbocycles. The number of hydrogen-bond acceptors (Lipinski definition) is 4. The standard InChI is InChI=1S/C10H22N2O3S/c1-9(8-13)16(14,15)12-6-4-5-10(12)7-11(2)3/h9-10,13H,4-8H2,1-3H3. The molecule has 0 bridgehead atoms. The van der Waals surface area contributed by atoms with Crippen LogP contribution in [0.5, 0.6) is 0 Å². The fourth-order valence-electron chi connectivity index (χ4n) is 2.07. The Hall–Kier alpha value is -0.170. The molecule has 0 aromatic rings. The lowest BCUT2D eigenvalue weighted by atomic mass is 10.2. The number of hydrogen-bond donors (Lipinski definition) is 1. The minimum atomic E-state index is -3.33. The Morgan fingerprint density at radius 1 is 1.50 bits per heavy atom. The first-order valence-corrected chi connectivity index (χ1v) is 7.16. The van der Waals surface area contributed by atoms with Gasteiger partial charge < -0.3 is 10.0 Å². The summed E-state index contributed by atoms with van der Waals surface area (Å²) in [6, 6.07) is 0.0639. The van der Waals surface area contributed by atoms with Crippen LogP contribution in [0.1, 0.15) is 19.8 Å². The van der Waals surface area contributed by atoms with E-state index in [4.69, 9.17) is 5.11 Å². The first-order chi connectivity index (χ1) is 7.39. The quantitative estimate of drug-likeness (QED) is 0.729. The van der Waals surface area contributed by atoms with Gasteiger partial charge in [-0.15, -0.1) is 0 Å². The van der Waals surface area contributed by atoms with Crippen LogP contribution in [0.15, 0.2) is 0 Å². The van der Waals surface area contributed by atoms with Gasteiger partial charge in [0.25, 0.3) is 0 Å². The SMILES string of the molecule is CC(CO)S(=O)(=O)N1CCCC1CN(C)C. The Balaban J connectivity index is 2.78. The molecule has 0 radical (unpaired) electrons. The Labute approximate surface area is 98.1 Å². The highest BCUT2D eigenvalue weighted by Gasteiger charge is 2.37. The molecule has 0 aliphatic carbocycles. The molecule has 2 unspecified atom stereocenters. The molecule has 1 fully saturated rings. The van der Waals surface area contributed by atoms with E-state index in [0.717, 1.165) is 19.4 Å². The number of nitrogens with zero attached hydrogens (tertiary/aromatic N) is 2. The topological polar surface area (TPSA) is 60.9 Å². The molecule has 0 aromatic heterocycles. The molecule has 1 rings (SSSR count). The lowest BCUT2D eigenvalue weighted by Crippen LogP contribution is -2.45. The Bertz CT molecular complexity index is 316. The minimum Gasteiger partial charge on any atom is -0.395 e. The molecular weight excluding hydrogens is 228 g/mol. The lowest BCUT2D eigenvalue weighted by molar-refractivity contribution is 0.271. The van der Waals surface area contributed by atoms with Gasteiger partial charge in [-0.2, -0.15) is 4.31 Å². The maximum absolute atomic E-state index is 12.1. The summed E-state index contributed by atoms with van der Waals surface area (Å²) in [4.78, 5) is 2.00. The van der Waals surface area contributed by atoms with E-state index in [-0.39, 0.29) is 12.6 Å². The number of aliphatic hydroxyl groups excluding tert-OH is 1. The van der Waals surface area contributed by atoms with Crippen LogP contribution >= 0.6 is 0 Å². The number of likely N-dealkylation sites (N-methyl/N-ethyl adjacent to an activating group) is 1. The maximum atomic E-state index is 12.1. The smallest absolute Gasteiger partial charge is 0.219 e. The van der Waals surface area contributed by atoms with Crippen molar-refractivity contribution in [1.29, 1.82) is 0 Å². The van der Waals surface area contributed by atoms with Crippen molar-refractivity contribution < 1.29 is 13.5 Å².